The summed E-state index contributed by atoms with van der Waals surface area (Å²) in [5, 5.41) is 23.4. The molecule has 1 amide bonds. The highest BCUT2D eigenvalue weighted by atomic mass is 16.5. The fourth-order valence-electron chi connectivity index (χ4n) is 12.8. The maximum Gasteiger partial charge on any atom is 0.305 e. The molecule has 0 radical (unpaired) electrons. The second kappa shape index (κ2) is 75.1. The van der Waals surface area contributed by atoms with Gasteiger partial charge < -0.3 is 20.3 Å². The summed E-state index contributed by atoms with van der Waals surface area (Å²) >= 11 is 0. The summed E-state index contributed by atoms with van der Waals surface area (Å²) in [6.07, 6.45) is 94.4. The van der Waals surface area contributed by atoms with E-state index >= 15 is 0 Å². The van der Waals surface area contributed by atoms with Gasteiger partial charge in [-0.3, -0.25) is 9.59 Å². The number of nitrogens with one attached hydrogen (secondary N) is 1. The average Bonchev–Trinajstić information content (AvgIpc) is 3.51. The van der Waals surface area contributed by atoms with Crippen LogP contribution in [0.25, 0.3) is 0 Å². The van der Waals surface area contributed by atoms with Crippen LogP contribution in [0.1, 0.15) is 457 Å². The Labute approximate surface area is 533 Å². The lowest BCUT2D eigenvalue weighted by Crippen LogP contribution is -2.45. The van der Waals surface area contributed by atoms with E-state index in [1.165, 1.54) is 385 Å². The molecule has 3 N–H and O–H groups in total. The van der Waals surface area contributed by atoms with Gasteiger partial charge in [0.05, 0.1) is 25.4 Å². The van der Waals surface area contributed by atoms with Crippen LogP contribution in [0.15, 0.2) is 12.2 Å². The molecule has 0 saturated carbocycles. The first-order valence-corrected chi connectivity index (χ1v) is 39.4. The van der Waals surface area contributed by atoms with E-state index in [4.69, 9.17) is 4.74 Å². The van der Waals surface area contributed by atoms with E-state index in [0.717, 1.165) is 38.5 Å². The first kappa shape index (κ1) is 83.6. The Morgan fingerprint density at radius 1 is 0.318 bits per heavy atom. The SMILES string of the molecule is CCCCCCCCCCCCCCCCCCCCCC(=O)OCCCCCCCCCCCCCC/C=C\CCCCCCCCCCCCCCCCCCC(=O)NC(CO)C(O)CCCCCCCCCCCCCCCCCCC. The predicted molar refractivity (Wildman–Crippen MR) is 375 cm³/mol. The van der Waals surface area contributed by atoms with Crippen molar-refractivity contribution >= 4 is 11.9 Å². The molecule has 0 bridgehead atoms. The lowest BCUT2D eigenvalue weighted by molar-refractivity contribution is -0.143. The molecule has 6 nitrogen and oxygen atoms in total. The van der Waals surface area contributed by atoms with Crippen LogP contribution in [-0.2, 0) is 14.3 Å². The van der Waals surface area contributed by atoms with E-state index in [1.54, 1.807) is 0 Å². The second-order valence-corrected chi connectivity index (χ2v) is 27.4. The van der Waals surface area contributed by atoms with Gasteiger partial charge in [0.1, 0.15) is 0 Å². The zero-order chi connectivity index (χ0) is 61.3. The molecule has 0 aliphatic rings. The maximum absolute atomic E-state index is 12.5. The quantitative estimate of drug-likeness (QED) is 0.0320. The van der Waals surface area contributed by atoms with Crippen LogP contribution in [0.2, 0.25) is 0 Å². The topological polar surface area (TPSA) is 95.9 Å². The molecule has 0 aliphatic heterocycles. The molecule has 0 fully saturated rings. The van der Waals surface area contributed by atoms with Crippen molar-refractivity contribution in [3.05, 3.63) is 12.2 Å². The van der Waals surface area contributed by atoms with Crippen LogP contribution in [0.5, 0.6) is 0 Å². The van der Waals surface area contributed by atoms with E-state index in [0.29, 0.717) is 25.9 Å². The fraction of sp³-hybridized carbons (Fsp3) is 0.949. The third kappa shape index (κ3) is 71.6. The van der Waals surface area contributed by atoms with E-state index in [2.05, 4.69) is 31.3 Å². The molecule has 0 spiro atoms. The fourth-order valence-corrected chi connectivity index (χ4v) is 12.8. The number of aliphatic hydroxyl groups excluding tert-OH is 2. The minimum Gasteiger partial charge on any atom is -0.466 e. The first-order valence-electron chi connectivity index (χ1n) is 39.4. The molecule has 506 valence electrons. The van der Waals surface area contributed by atoms with Crippen molar-refractivity contribution in [1.29, 1.82) is 0 Å². The highest BCUT2D eigenvalue weighted by molar-refractivity contribution is 5.76. The molecule has 0 rings (SSSR count). The molecule has 2 atom stereocenters. The average molecular weight is 1200 g/mol. The molecule has 0 aromatic heterocycles. The molecule has 2 unspecified atom stereocenters. The van der Waals surface area contributed by atoms with Crippen molar-refractivity contribution < 1.29 is 24.5 Å². The molecule has 6 heteroatoms. The Balaban J connectivity index is 3.33. The number of allylic oxidation sites excluding steroid dienone is 2. The zero-order valence-corrected chi connectivity index (χ0v) is 58.1. The molecule has 0 aromatic carbocycles. The number of hydrogen-bond donors (Lipinski definition) is 3. The summed E-state index contributed by atoms with van der Waals surface area (Å²) < 4.78 is 5.52. The van der Waals surface area contributed by atoms with Crippen molar-refractivity contribution in [3.8, 4) is 0 Å². The molecule has 0 heterocycles. The largest absolute Gasteiger partial charge is 0.466 e. The van der Waals surface area contributed by atoms with Crippen molar-refractivity contribution in [3.63, 3.8) is 0 Å². The number of carbonyl (C=O) groups excluding carboxylic acids is 2. The summed E-state index contributed by atoms with van der Waals surface area (Å²) in [5.74, 6) is -0.00347. The number of rotatable bonds is 75. The number of unbranched alkanes of at least 4 members (excludes halogenated alkanes) is 62. The first-order chi connectivity index (χ1) is 42.0. The van der Waals surface area contributed by atoms with Gasteiger partial charge in [-0.15, -0.1) is 0 Å². The third-order valence-electron chi connectivity index (χ3n) is 18.8. The van der Waals surface area contributed by atoms with Gasteiger partial charge in [0.2, 0.25) is 5.91 Å². The maximum atomic E-state index is 12.5. The van der Waals surface area contributed by atoms with Gasteiger partial charge in [0.15, 0.2) is 0 Å². The summed E-state index contributed by atoms with van der Waals surface area (Å²) in [6, 6.07) is -0.539. The number of ether oxygens (including phenoxy) is 1. The van der Waals surface area contributed by atoms with Crippen LogP contribution in [-0.4, -0.2) is 47.4 Å². The van der Waals surface area contributed by atoms with Crippen molar-refractivity contribution in [2.75, 3.05) is 13.2 Å². The van der Waals surface area contributed by atoms with Crippen LogP contribution < -0.4 is 5.32 Å². The molecular weight excluding hydrogens is 1040 g/mol. The molecular formula is C79H155NO5. The van der Waals surface area contributed by atoms with Crippen molar-refractivity contribution in [2.24, 2.45) is 0 Å². The predicted octanol–water partition coefficient (Wildman–Crippen LogP) is 25.9. The highest BCUT2D eigenvalue weighted by Crippen LogP contribution is 2.20. The Bertz CT molecular complexity index is 1290. The van der Waals surface area contributed by atoms with Crippen molar-refractivity contribution in [1.82, 2.24) is 5.32 Å². The lowest BCUT2D eigenvalue weighted by atomic mass is 10.0. The number of aliphatic hydroxyl groups is 2. The van der Waals surface area contributed by atoms with Gasteiger partial charge >= 0.3 is 5.97 Å². The summed E-state index contributed by atoms with van der Waals surface area (Å²) in [6.45, 7) is 5.01. The van der Waals surface area contributed by atoms with Gasteiger partial charge in [-0.25, -0.2) is 0 Å². The van der Waals surface area contributed by atoms with Crippen LogP contribution >= 0.6 is 0 Å². The van der Waals surface area contributed by atoms with Gasteiger partial charge in [-0.05, 0) is 51.4 Å². The molecule has 85 heavy (non-hydrogen) atoms. The number of esters is 1. The van der Waals surface area contributed by atoms with Gasteiger partial charge in [-0.1, -0.05) is 405 Å². The smallest absolute Gasteiger partial charge is 0.305 e. The van der Waals surface area contributed by atoms with Gasteiger partial charge in [-0.2, -0.15) is 0 Å². The zero-order valence-electron chi connectivity index (χ0n) is 58.1. The molecule has 0 aromatic rings. The summed E-state index contributed by atoms with van der Waals surface area (Å²) in [4.78, 5) is 24.7. The van der Waals surface area contributed by atoms with Crippen LogP contribution in [0, 0.1) is 0 Å². The highest BCUT2D eigenvalue weighted by Gasteiger charge is 2.20. The molecule has 0 aliphatic carbocycles. The third-order valence-corrected chi connectivity index (χ3v) is 18.8. The van der Waals surface area contributed by atoms with Gasteiger partial charge in [0.25, 0.3) is 0 Å². The lowest BCUT2D eigenvalue weighted by Gasteiger charge is -2.22. The van der Waals surface area contributed by atoms with E-state index < -0.39 is 12.1 Å². The second-order valence-electron chi connectivity index (χ2n) is 27.4. The number of carbonyl (C=O) groups is 2. The summed E-state index contributed by atoms with van der Waals surface area (Å²) in [7, 11) is 0. The number of hydrogen-bond acceptors (Lipinski definition) is 5. The van der Waals surface area contributed by atoms with E-state index in [-0.39, 0.29) is 18.5 Å². The standard InChI is InChI=1S/C79H155NO5/c1-3-5-7-9-11-13-15-17-19-21-36-41-45-49-53-57-61-65-69-73-79(84)85-74-70-66-62-58-54-50-46-42-38-35-33-31-29-27-25-23-22-24-26-28-30-32-34-37-40-44-48-52-56-60-64-68-72-78(83)80-76(75-81)77(82)71-67-63-59-55-51-47-43-39-20-18-16-14-12-10-8-6-4-2/h25,27,76-77,81-82H,3-24,26,28-75H2,1-2H3,(H,80,83)/b27-25-. The summed E-state index contributed by atoms with van der Waals surface area (Å²) in [5.41, 5.74) is 0. The Hall–Kier alpha value is -1.40. The van der Waals surface area contributed by atoms with E-state index in [9.17, 15) is 19.8 Å². The monoisotopic (exact) mass is 1200 g/mol. The van der Waals surface area contributed by atoms with Crippen molar-refractivity contribution in [2.45, 2.75) is 469 Å². The number of amides is 1. The Kier molecular flexibility index (Phi) is 73.8. The normalized spacial score (nSPS) is 12.5. The molecule has 0 saturated heterocycles. The minimum absolute atomic E-state index is 0.0243. The van der Waals surface area contributed by atoms with Crippen LogP contribution in [0.4, 0.5) is 0 Å². The Morgan fingerprint density at radius 3 is 0.835 bits per heavy atom. The van der Waals surface area contributed by atoms with E-state index in [1.807, 2.05) is 0 Å². The minimum atomic E-state index is -0.662. The Morgan fingerprint density at radius 2 is 0.553 bits per heavy atom. The van der Waals surface area contributed by atoms with Gasteiger partial charge in [0, 0.05) is 12.8 Å². The van der Waals surface area contributed by atoms with Crippen LogP contribution in [0.3, 0.4) is 0 Å².